The molecule has 36 heavy (non-hydrogen) atoms. The van der Waals surface area contributed by atoms with E-state index in [2.05, 4.69) is 10.2 Å². The van der Waals surface area contributed by atoms with E-state index in [1.54, 1.807) is 20.3 Å². The van der Waals surface area contributed by atoms with Crippen LogP contribution < -0.4 is 19.7 Å². The van der Waals surface area contributed by atoms with Gasteiger partial charge in [-0.25, -0.2) is 4.98 Å². The summed E-state index contributed by atoms with van der Waals surface area (Å²) in [5, 5.41) is 3.79. The molecule has 3 aromatic carbocycles. The van der Waals surface area contributed by atoms with Crippen LogP contribution in [0.25, 0.3) is 22.2 Å². The molecule has 0 radical (unpaired) electrons. The van der Waals surface area contributed by atoms with Crippen LogP contribution >= 0.6 is 23.2 Å². The number of pyridine rings is 1. The van der Waals surface area contributed by atoms with Crippen LogP contribution in [0.15, 0.2) is 72.8 Å². The molecular formula is C28H27Cl2N3O3. The fraction of sp³-hybridized carbons (Fsp3) is 0.214. The molecule has 0 unspecified atom stereocenters. The summed E-state index contributed by atoms with van der Waals surface area (Å²) in [6.45, 7) is 1.39. The molecule has 0 spiro atoms. The normalized spacial score (nSPS) is 10.8. The second kappa shape index (κ2) is 12.0. The fourth-order valence-corrected chi connectivity index (χ4v) is 4.44. The number of methoxy groups -OCH3 is 2. The highest BCUT2D eigenvalue weighted by molar-refractivity contribution is 6.18. The van der Waals surface area contributed by atoms with E-state index in [1.807, 2.05) is 66.7 Å². The maximum atomic E-state index is 13.4. The van der Waals surface area contributed by atoms with Crippen molar-refractivity contribution in [2.24, 2.45) is 0 Å². The summed E-state index contributed by atoms with van der Waals surface area (Å²) in [6.07, 6.45) is 0. The minimum atomic E-state index is -0.221. The van der Waals surface area contributed by atoms with Crippen LogP contribution in [-0.4, -0.2) is 50.0 Å². The molecule has 0 fully saturated rings. The average Bonchev–Trinajstić information content (AvgIpc) is 2.92. The van der Waals surface area contributed by atoms with Crippen LogP contribution in [0, 0.1) is 0 Å². The third kappa shape index (κ3) is 5.66. The van der Waals surface area contributed by atoms with Crippen molar-refractivity contribution in [3.05, 3.63) is 78.4 Å². The van der Waals surface area contributed by atoms with Crippen molar-refractivity contribution < 1.29 is 14.3 Å². The van der Waals surface area contributed by atoms with Crippen molar-refractivity contribution in [2.45, 2.75) is 0 Å². The zero-order valence-electron chi connectivity index (χ0n) is 20.1. The number of fused-ring (bicyclic) bond motifs is 1. The number of anilines is 2. The molecular weight excluding hydrogens is 497 g/mol. The Hall–Kier alpha value is -3.48. The van der Waals surface area contributed by atoms with E-state index in [1.165, 1.54) is 0 Å². The summed E-state index contributed by atoms with van der Waals surface area (Å²) in [4.78, 5) is 20.3. The van der Waals surface area contributed by atoms with Crippen molar-refractivity contribution in [1.29, 1.82) is 0 Å². The minimum Gasteiger partial charge on any atom is -0.493 e. The topological polar surface area (TPSA) is 63.7 Å². The number of benzene rings is 3. The first kappa shape index (κ1) is 25.6. The number of nitrogens with one attached hydrogen (secondary N) is 1. The highest BCUT2D eigenvalue weighted by Crippen LogP contribution is 2.33. The predicted octanol–water partition coefficient (Wildman–Crippen LogP) is 6.46. The molecule has 0 atom stereocenters. The van der Waals surface area contributed by atoms with Gasteiger partial charge in [-0.05, 0) is 54.6 Å². The van der Waals surface area contributed by atoms with Gasteiger partial charge in [0.1, 0.15) is 0 Å². The maximum absolute atomic E-state index is 13.4. The second-order valence-electron chi connectivity index (χ2n) is 8.01. The van der Waals surface area contributed by atoms with Crippen molar-refractivity contribution >= 4 is 51.4 Å². The van der Waals surface area contributed by atoms with Crippen molar-refractivity contribution in [3.8, 4) is 22.8 Å². The molecule has 4 aromatic rings. The lowest BCUT2D eigenvalue weighted by Crippen LogP contribution is -2.27. The van der Waals surface area contributed by atoms with Gasteiger partial charge in [0.15, 0.2) is 11.5 Å². The van der Waals surface area contributed by atoms with Crippen LogP contribution in [0.2, 0.25) is 0 Å². The summed E-state index contributed by atoms with van der Waals surface area (Å²) < 4.78 is 10.8. The highest BCUT2D eigenvalue weighted by Gasteiger charge is 2.16. The third-order valence-corrected chi connectivity index (χ3v) is 6.18. The van der Waals surface area contributed by atoms with Gasteiger partial charge in [-0.2, -0.15) is 0 Å². The van der Waals surface area contributed by atoms with Gasteiger partial charge in [0, 0.05) is 47.2 Å². The molecule has 1 aromatic heterocycles. The maximum Gasteiger partial charge on any atom is 0.256 e. The van der Waals surface area contributed by atoms with E-state index < -0.39 is 0 Å². The molecule has 8 heteroatoms. The standard InChI is InChI=1S/C28H27Cl2N3O3/c1-35-26-12-7-19(17-27(26)36-2)25-18-23(22-5-3-4-6-24(22)32-25)28(34)31-20-8-10-21(11-9-20)33(15-13-29)16-14-30/h3-12,17-18H,13-16H2,1-2H3,(H,31,34). The Balaban J connectivity index is 1.66. The van der Waals surface area contributed by atoms with Gasteiger partial charge in [-0.1, -0.05) is 18.2 Å². The van der Waals surface area contributed by atoms with E-state index >= 15 is 0 Å². The lowest BCUT2D eigenvalue weighted by molar-refractivity contribution is 0.102. The molecule has 1 amide bonds. The Bertz CT molecular complexity index is 1340. The summed E-state index contributed by atoms with van der Waals surface area (Å²) in [5.41, 5.74) is 4.42. The quantitative estimate of drug-likeness (QED) is 0.242. The van der Waals surface area contributed by atoms with E-state index in [9.17, 15) is 4.79 Å². The molecule has 0 saturated heterocycles. The summed E-state index contributed by atoms with van der Waals surface area (Å²) in [5.74, 6) is 2.01. The first-order valence-corrected chi connectivity index (χ1v) is 12.5. The number of para-hydroxylation sites is 1. The number of nitrogens with zero attached hydrogens (tertiary/aromatic N) is 2. The fourth-order valence-electron chi connectivity index (χ4n) is 4.03. The van der Waals surface area contributed by atoms with Crippen molar-refractivity contribution in [3.63, 3.8) is 0 Å². The summed E-state index contributed by atoms with van der Waals surface area (Å²) in [7, 11) is 3.18. The van der Waals surface area contributed by atoms with E-state index in [4.69, 9.17) is 37.7 Å². The third-order valence-electron chi connectivity index (χ3n) is 5.84. The zero-order chi connectivity index (χ0) is 25.5. The number of ether oxygens (including phenoxy) is 2. The molecule has 0 bridgehead atoms. The monoisotopic (exact) mass is 523 g/mol. The number of hydrogen-bond donors (Lipinski definition) is 1. The van der Waals surface area contributed by atoms with Gasteiger partial charge < -0.3 is 19.7 Å². The van der Waals surface area contributed by atoms with Gasteiger partial charge in [0.25, 0.3) is 5.91 Å². The number of rotatable bonds is 10. The van der Waals surface area contributed by atoms with Crippen LogP contribution in [-0.2, 0) is 0 Å². The van der Waals surface area contributed by atoms with Crippen molar-refractivity contribution in [2.75, 3.05) is 49.3 Å². The van der Waals surface area contributed by atoms with E-state index in [-0.39, 0.29) is 5.91 Å². The molecule has 0 aliphatic carbocycles. The van der Waals surface area contributed by atoms with Gasteiger partial charge >= 0.3 is 0 Å². The predicted molar refractivity (Wildman–Crippen MR) is 148 cm³/mol. The van der Waals surface area contributed by atoms with Crippen molar-refractivity contribution in [1.82, 2.24) is 4.98 Å². The number of halogens is 2. The SMILES string of the molecule is COc1ccc(-c2cc(C(=O)Nc3ccc(N(CCCl)CCCl)cc3)c3ccccc3n2)cc1OC. The zero-order valence-corrected chi connectivity index (χ0v) is 21.6. The Morgan fingerprint density at radius 2 is 1.58 bits per heavy atom. The minimum absolute atomic E-state index is 0.221. The van der Waals surface area contributed by atoms with Crippen LogP contribution in [0.5, 0.6) is 11.5 Å². The first-order valence-electron chi connectivity index (χ1n) is 11.5. The summed E-state index contributed by atoms with van der Waals surface area (Å²) in [6, 6.07) is 22.6. The Labute approximate surface area is 220 Å². The molecule has 1 N–H and O–H groups in total. The number of alkyl halides is 2. The highest BCUT2D eigenvalue weighted by atomic mass is 35.5. The van der Waals surface area contributed by atoms with Gasteiger partial charge in [-0.15, -0.1) is 23.2 Å². The lowest BCUT2D eigenvalue weighted by Gasteiger charge is -2.23. The molecule has 4 rings (SSSR count). The Morgan fingerprint density at radius 1 is 0.889 bits per heavy atom. The van der Waals surface area contributed by atoms with E-state index in [0.717, 1.165) is 22.2 Å². The number of aromatic nitrogens is 1. The van der Waals surface area contributed by atoms with Gasteiger partial charge in [0.05, 0.1) is 31.0 Å². The van der Waals surface area contributed by atoms with Gasteiger partial charge in [-0.3, -0.25) is 4.79 Å². The smallest absolute Gasteiger partial charge is 0.256 e. The first-order chi connectivity index (χ1) is 17.6. The Kier molecular flexibility index (Phi) is 8.52. The average molecular weight is 524 g/mol. The molecule has 0 aliphatic rings. The molecule has 6 nitrogen and oxygen atoms in total. The lowest BCUT2D eigenvalue weighted by atomic mass is 10.0. The molecule has 1 heterocycles. The summed E-state index contributed by atoms with van der Waals surface area (Å²) >= 11 is 11.9. The number of amides is 1. The van der Waals surface area contributed by atoms with Crippen LogP contribution in [0.1, 0.15) is 10.4 Å². The second-order valence-corrected chi connectivity index (χ2v) is 8.76. The molecule has 0 aliphatic heterocycles. The Morgan fingerprint density at radius 3 is 2.25 bits per heavy atom. The van der Waals surface area contributed by atoms with E-state index in [0.29, 0.717) is 53.3 Å². The number of carbonyl (C=O) groups is 1. The number of carbonyl (C=O) groups excluding carboxylic acids is 1. The van der Waals surface area contributed by atoms with Gasteiger partial charge in [0.2, 0.25) is 0 Å². The molecule has 186 valence electrons. The van der Waals surface area contributed by atoms with Crippen LogP contribution in [0.4, 0.5) is 11.4 Å². The van der Waals surface area contributed by atoms with Crippen LogP contribution in [0.3, 0.4) is 0 Å². The number of hydrogen-bond acceptors (Lipinski definition) is 5. The molecule has 0 saturated carbocycles. The largest absolute Gasteiger partial charge is 0.493 e.